The van der Waals surface area contributed by atoms with Crippen LogP contribution in [0, 0.1) is 0 Å². The Balaban J connectivity index is 2.24. The van der Waals surface area contributed by atoms with Crippen LogP contribution in [0.1, 0.15) is 6.92 Å². The smallest absolute Gasteiger partial charge is 0.318 e. The summed E-state index contributed by atoms with van der Waals surface area (Å²) < 4.78 is 9.92. The summed E-state index contributed by atoms with van der Waals surface area (Å²) in [6.07, 6.45) is 0. The number of carbonyl (C=O) groups excluding carboxylic acids is 1. The minimum Gasteiger partial charge on any atom is -0.497 e. The number of fused-ring (bicyclic) bond motifs is 1. The molecule has 19 heavy (non-hydrogen) atoms. The number of ether oxygens (including phenoxy) is 2. The average Bonchev–Trinajstić information content (AvgIpc) is 2.45. The Kier molecular flexibility index (Phi) is 4.32. The number of hydrogen-bond donors (Lipinski definition) is 0. The van der Waals surface area contributed by atoms with Gasteiger partial charge in [-0.05, 0) is 42.0 Å². The molecule has 1 atom stereocenters. The van der Waals surface area contributed by atoms with Crippen LogP contribution in [-0.4, -0.2) is 25.4 Å². The summed E-state index contributed by atoms with van der Waals surface area (Å²) in [4.78, 5) is 12.5. The molecule has 0 fully saturated rings. The van der Waals surface area contributed by atoms with E-state index in [4.69, 9.17) is 9.47 Å². The van der Waals surface area contributed by atoms with Crippen molar-refractivity contribution in [1.29, 1.82) is 0 Å². The molecule has 0 aliphatic carbocycles. The van der Waals surface area contributed by atoms with Gasteiger partial charge in [0, 0.05) is 4.90 Å². The van der Waals surface area contributed by atoms with Gasteiger partial charge in [0.25, 0.3) is 0 Å². The lowest BCUT2D eigenvalue weighted by Gasteiger charge is -2.09. The molecule has 0 heterocycles. The number of carbonyl (C=O) groups is 1. The maximum Gasteiger partial charge on any atom is 0.318 e. The van der Waals surface area contributed by atoms with Gasteiger partial charge < -0.3 is 9.47 Å². The second-order valence-electron chi connectivity index (χ2n) is 4.16. The van der Waals surface area contributed by atoms with Crippen molar-refractivity contribution in [2.24, 2.45) is 0 Å². The van der Waals surface area contributed by atoms with Gasteiger partial charge in [-0.15, -0.1) is 11.8 Å². The van der Waals surface area contributed by atoms with Crippen molar-refractivity contribution >= 4 is 28.5 Å². The molecule has 2 aromatic rings. The number of thioether (sulfide) groups is 1. The van der Waals surface area contributed by atoms with Crippen LogP contribution in [0.4, 0.5) is 0 Å². The Labute approximate surface area is 116 Å². The molecule has 0 saturated carbocycles. The third-order valence-corrected chi connectivity index (χ3v) is 3.94. The molecule has 0 aromatic heterocycles. The highest BCUT2D eigenvalue weighted by Crippen LogP contribution is 2.29. The van der Waals surface area contributed by atoms with Crippen molar-refractivity contribution in [1.82, 2.24) is 0 Å². The summed E-state index contributed by atoms with van der Waals surface area (Å²) in [6.45, 7) is 1.84. The van der Waals surface area contributed by atoms with E-state index in [-0.39, 0.29) is 11.2 Å². The maximum atomic E-state index is 11.4. The number of hydrogen-bond acceptors (Lipinski definition) is 4. The maximum absolute atomic E-state index is 11.4. The number of esters is 1. The first-order valence-electron chi connectivity index (χ1n) is 5.96. The zero-order valence-corrected chi connectivity index (χ0v) is 12.0. The van der Waals surface area contributed by atoms with Crippen molar-refractivity contribution < 1.29 is 14.3 Å². The van der Waals surface area contributed by atoms with Crippen LogP contribution in [0.2, 0.25) is 0 Å². The quantitative estimate of drug-likeness (QED) is 0.632. The summed E-state index contributed by atoms with van der Waals surface area (Å²) in [6, 6.07) is 12.0. The van der Waals surface area contributed by atoms with Gasteiger partial charge in [0.15, 0.2) is 0 Å². The third-order valence-electron chi connectivity index (χ3n) is 2.86. The van der Waals surface area contributed by atoms with E-state index in [1.165, 1.54) is 18.9 Å². The molecule has 4 heteroatoms. The molecule has 0 amide bonds. The number of methoxy groups -OCH3 is 2. The Morgan fingerprint density at radius 3 is 2.47 bits per heavy atom. The van der Waals surface area contributed by atoms with Crippen LogP contribution >= 0.6 is 11.8 Å². The third kappa shape index (κ3) is 3.20. The minimum atomic E-state index is -0.208. The van der Waals surface area contributed by atoms with Gasteiger partial charge in [-0.25, -0.2) is 0 Å². The molecule has 2 rings (SSSR count). The molecule has 0 radical (unpaired) electrons. The number of benzene rings is 2. The predicted molar refractivity (Wildman–Crippen MR) is 77.8 cm³/mol. The van der Waals surface area contributed by atoms with Crippen LogP contribution in [-0.2, 0) is 9.53 Å². The van der Waals surface area contributed by atoms with E-state index in [9.17, 15) is 4.79 Å². The first-order chi connectivity index (χ1) is 9.13. The van der Waals surface area contributed by atoms with Gasteiger partial charge >= 0.3 is 5.97 Å². The van der Waals surface area contributed by atoms with Crippen molar-refractivity contribution in [2.75, 3.05) is 14.2 Å². The van der Waals surface area contributed by atoms with E-state index < -0.39 is 0 Å². The Morgan fingerprint density at radius 1 is 1.11 bits per heavy atom. The molecule has 0 aliphatic rings. The molecule has 100 valence electrons. The van der Waals surface area contributed by atoms with E-state index in [1.807, 2.05) is 37.3 Å². The Bertz CT molecular complexity index is 595. The van der Waals surface area contributed by atoms with Gasteiger partial charge in [0.2, 0.25) is 0 Å². The van der Waals surface area contributed by atoms with Gasteiger partial charge in [-0.1, -0.05) is 12.1 Å². The molecule has 0 aliphatic heterocycles. The van der Waals surface area contributed by atoms with E-state index >= 15 is 0 Å². The topological polar surface area (TPSA) is 35.5 Å². The molecular formula is C15H16O3S. The Morgan fingerprint density at radius 2 is 1.79 bits per heavy atom. The van der Waals surface area contributed by atoms with Crippen molar-refractivity contribution in [2.45, 2.75) is 17.1 Å². The molecule has 0 bridgehead atoms. The van der Waals surface area contributed by atoms with Gasteiger partial charge in [0.1, 0.15) is 11.0 Å². The lowest BCUT2D eigenvalue weighted by atomic mass is 10.1. The largest absolute Gasteiger partial charge is 0.497 e. The van der Waals surface area contributed by atoms with Gasteiger partial charge in [0.05, 0.1) is 14.2 Å². The fourth-order valence-electron chi connectivity index (χ4n) is 1.82. The van der Waals surface area contributed by atoms with Crippen LogP contribution < -0.4 is 4.74 Å². The Hall–Kier alpha value is -1.68. The van der Waals surface area contributed by atoms with Gasteiger partial charge in [-0.2, -0.15) is 0 Å². The molecule has 0 N–H and O–H groups in total. The normalized spacial score (nSPS) is 12.2. The standard InChI is InChI=1S/C15H16O3S/c1-10(15(16)18-3)19-14-7-5-11-8-13(17-2)6-4-12(11)9-14/h4-10H,1-3H3. The lowest BCUT2D eigenvalue weighted by molar-refractivity contribution is -0.139. The van der Waals surface area contributed by atoms with E-state index in [0.717, 1.165) is 21.4 Å². The van der Waals surface area contributed by atoms with Crippen molar-refractivity contribution in [3.63, 3.8) is 0 Å². The lowest BCUT2D eigenvalue weighted by Crippen LogP contribution is -2.14. The molecule has 2 aromatic carbocycles. The zero-order chi connectivity index (χ0) is 13.8. The second kappa shape index (κ2) is 5.97. The first-order valence-corrected chi connectivity index (χ1v) is 6.84. The van der Waals surface area contributed by atoms with Crippen LogP contribution in [0.3, 0.4) is 0 Å². The molecular weight excluding hydrogens is 260 g/mol. The highest BCUT2D eigenvalue weighted by molar-refractivity contribution is 8.00. The van der Waals surface area contributed by atoms with E-state index in [0.29, 0.717) is 0 Å². The second-order valence-corrected chi connectivity index (χ2v) is 5.57. The van der Waals surface area contributed by atoms with Crippen molar-refractivity contribution in [3.8, 4) is 5.75 Å². The average molecular weight is 276 g/mol. The highest BCUT2D eigenvalue weighted by Gasteiger charge is 2.14. The van der Waals surface area contributed by atoms with Crippen LogP contribution in [0.25, 0.3) is 10.8 Å². The fourth-order valence-corrected chi connectivity index (χ4v) is 2.76. The molecule has 0 spiro atoms. The van der Waals surface area contributed by atoms with Crippen LogP contribution in [0.5, 0.6) is 5.75 Å². The summed E-state index contributed by atoms with van der Waals surface area (Å²) >= 11 is 1.50. The molecule has 0 saturated heterocycles. The summed E-state index contributed by atoms with van der Waals surface area (Å²) in [5.41, 5.74) is 0. The van der Waals surface area contributed by atoms with Crippen molar-refractivity contribution in [3.05, 3.63) is 36.4 Å². The van der Waals surface area contributed by atoms with Crippen LogP contribution in [0.15, 0.2) is 41.3 Å². The zero-order valence-electron chi connectivity index (χ0n) is 11.2. The molecule has 3 nitrogen and oxygen atoms in total. The molecule has 1 unspecified atom stereocenters. The predicted octanol–water partition coefficient (Wildman–Crippen LogP) is 3.50. The monoisotopic (exact) mass is 276 g/mol. The highest BCUT2D eigenvalue weighted by atomic mass is 32.2. The fraction of sp³-hybridized carbons (Fsp3) is 0.267. The van der Waals surface area contributed by atoms with E-state index in [2.05, 4.69) is 6.07 Å². The number of rotatable bonds is 4. The van der Waals surface area contributed by atoms with E-state index in [1.54, 1.807) is 7.11 Å². The SMILES string of the molecule is COC(=O)C(C)Sc1ccc2cc(OC)ccc2c1. The first kappa shape index (κ1) is 13.7. The minimum absolute atomic E-state index is 0.208. The van der Waals surface area contributed by atoms with Gasteiger partial charge in [-0.3, -0.25) is 4.79 Å². The summed E-state index contributed by atoms with van der Waals surface area (Å²) in [5.74, 6) is 0.635. The summed E-state index contributed by atoms with van der Waals surface area (Å²) in [5, 5.41) is 2.04. The summed E-state index contributed by atoms with van der Waals surface area (Å²) in [7, 11) is 3.06.